The Morgan fingerprint density at radius 2 is 2.30 bits per heavy atom. The molecule has 0 amide bonds. The average molecular weight is 342 g/mol. The molecule has 0 radical (unpaired) electrons. The molecule has 1 saturated heterocycles. The molecule has 2 rings (SSSR count). The number of non-ortho nitro benzene ring substituents is 1. The number of hydrogen-bond acceptors (Lipinski definition) is 4. The van der Waals surface area contributed by atoms with E-state index in [1.54, 1.807) is 6.07 Å². The summed E-state index contributed by atoms with van der Waals surface area (Å²) in [5.41, 5.74) is 1.07. The molecule has 0 spiro atoms. The molecule has 1 N–H and O–H groups in total. The summed E-state index contributed by atoms with van der Waals surface area (Å²) in [7, 11) is 2.16. The molecule has 1 aliphatic heterocycles. The first kappa shape index (κ1) is 15.4. The molecule has 0 aliphatic carbocycles. The lowest BCUT2D eigenvalue weighted by Gasteiger charge is -2.29. The van der Waals surface area contributed by atoms with Gasteiger partial charge in [0, 0.05) is 29.7 Å². The number of halogens is 1. The van der Waals surface area contributed by atoms with Gasteiger partial charge >= 0.3 is 0 Å². The van der Waals surface area contributed by atoms with Gasteiger partial charge in [-0.25, -0.2) is 0 Å². The maximum Gasteiger partial charge on any atom is 0.270 e. The van der Waals surface area contributed by atoms with Crippen LogP contribution in [0.15, 0.2) is 22.7 Å². The maximum atomic E-state index is 10.8. The number of rotatable bonds is 5. The Kier molecular flexibility index (Phi) is 5.51. The molecule has 1 aliphatic rings. The Morgan fingerprint density at radius 3 is 3.00 bits per heavy atom. The van der Waals surface area contributed by atoms with E-state index in [0.29, 0.717) is 12.5 Å². The predicted molar refractivity (Wildman–Crippen MR) is 82.7 cm³/mol. The van der Waals surface area contributed by atoms with Crippen molar-refractivity contribution in [2.75, 3.05) is 26.7 Å². The molecule has 20 heavy (non-hydrogen) atoms. The first-order valence-corrected chi connectivity index (χ1v) is 7.67. The van der Waals surface area contributed by atoms with E-state index in [0.717, 1.165) is 23.1 Å². The van der Waals surface area contributed by atoms with Gasteiger partial charge in [-0.05, 0) is 50.5 Å². The van der Waals surface area contributed by atoms with Crippen LogP contribution in [0.5, 0.6) is 0 Å². The van der Waals surface area contributed by atoms with Crippen LogP contribution >= 0.6 is 15.9 Å². The molecule has 1 unspecified atom stereocenters. The summed E-state index contributed by atoms with van der Waals surface area (Å²) < 4.78 is 0.751. The van der Waals surface area contributed by atoms with Crippen molar-refractivity contribution in [2.45, 2.75) is 19.4 Å². The molecule has 6 heteroatoms. The van der Waals surface area contributed by atoms with Crippen LogP contribution in [0.25, 0.3) is 0 Å². The largest absolute Gasteiger partial charge is 0.312 e. The Labute approximate surface area is 127 Å². The minimum absolute atomic E-state index is 0.133. The Hall–Kier alpha value is -0.980. The predicted octanol–water partition coefficient (Wildman–Crippen LogP) is 2.79. The van der Waals surface area contributed by atoms with E-state index in [1.165, 1.54) is 25.5 Å². The normalized spacial score (nSPS) is 20.0. The zero-order valence-corrected chi connectivity index (χ0v) is 13.2. The molecular formula is C14H20BrN3O2. The quantitative estimate of drug-likeness (QED) is 0.660. The monoisotopic (exact) mass is 341 g/mol. The second-order valence-electron chi connectivity index (χ2n) is 5.48. The van der Waals surface area contributed by atoms with Crippen molar-refractivity contribution in [1.29, 1.82) is 0 Å². The molecule has 1 aromatic carbocycles. The third kappa shape index (κ3) is 4.54. The summed E-state index contributed by atoms with van der Waals surface area (Å²) in [6, 6.07) is 5.08. The summed E-state index contributed by atoms with van der Waals surface area (Å²) >= 11 is 3.32. The van der Waals surface area contributed by atoms with Crippen LogP contribution in [0.1, 0.15) is 18.4 Å². The number of nitrogens with one attached hydrogen (secondary N) is 1. The van der Waals surface area contributed by atoms with E-state index in [1.807, 2.05) is 6.07 Å². The topological polar surface area (TPSA) is 58.4 Å². The highest BCUT2D eigenvalue weighted by atomic mass is 79.9. The van der Waals surface area contributed by atoms with Crippen molar-refractivity contribution in [3.05, 3.63) is 38.3 Å². The van der Waals surface area contributed by atoms with Crippen molar-refractivity contribution in [3.8, 4) is 0 Å². The molecule has 0 bridgehead atoms. The van der Waals surface area contributed by atoms with Gasteiger partial charge in [0.2, 0.25) is 0 Å². The Bertz CT molecular complexity index is 481. The Balaban J connectivity index is 1.86. The standard InChI is InChI=1S/C14H20BrN3O2/c1-17-4-2-3-11(10-17)8-16-9-12-5-13(15)7-14(6-12)18(19)20/h5-7,11,16H,2-4,8-10H2,1H3. The number of likely N-dealkylation sites (tertiary alicyclic amines) is 1. The van der Waals surface area contributed by atoms with Crippen molar-refractivity contribution < 1.29 is 4.92 Å². The van der Waals surface area contributed by atoms with Crippen LogP contribution in [-0.4, -0.2) is 36.5 Å². The fraction of sp³-hybridized carbons (Fsp3) is 0.571. The summed E-state index contributed by atoms with van der Waals surface area (Å²) in [5.74, 6) is 0.677. The van der Waals surface area contributed by atoms with Crippen LogP contribution in [0.4, 0.5) is 5.69 Å². The minimum Gasteiger partial charge on any atom is -0.312 e. The highest BCUT2D eigenvalue weighted by Gasteiger charge is 2.16. The van der Waals surface area contributed by atoms with Gasteiger partial charge in [-0.3, -0.25) is 10.1 Å². The van der Waals surface area contributed by atoms with E-state index in [2.05, 4.69) is 33.2 Å². The van der Waals surface area contributed by atoms with Gasteiger partial charge < -0.3 is 10.2 Å². The highest BCUT2D eigenvalue weighted by Crippen LogP contribution is 2.21. The summed E-state index contributed by atoms with van der Waals surface area (Å²) in [6.45, 7) is 3.95. The fourth-order valence-corrected chi connectivity index (χ4v) is 3.23. The fourth-order valence-electron chi connectivity index (χ4n) is 2.70. The zero-order chi connectivity index (χ0) is 14.5. The third-order valence-electron chi connectivity index (χ3n) is 3.64. The SMILES string of the molecule is CN1CCCC(CNCc2cc(Br)cc([N+](=O)[O-])c2)C1. The highest BCUT2D eigenvalue weighted by molar-refractivity contribution is 9.10. The summed E-state index contributed by atoms with van der Waals surface area (Å²) in [6.07, 6.45) is 2.52. The summed E-state index contributed by atoms with van der Waals surface area (Å²) in [5, 5.41) is 14.2. The molecule has 1 atom stereocenters. The molecule has 0 aromatic heterocycles. The lowest BCUT2D eigenvalue weighted by molar-refractivity contribution is -0.385. The number of nitro groups is 1. The van der Waals surface area contributed by atoms with Gasteiger partial charge in [-0.1, -0.05) is 15.9 Å². The third-order valence-corrected chi connectivity index (χ3v) is 4.10. The molecule has 110 valence electrons. The van der Waals surface area contributed by atoms with Gasteiger partial charge in [0.15, 0.2) is 0 Å². The second-order valence-corrected chi connectivity index (χ2v) is 6.39. The van der Waals surface area contributed by atoms with Gasteiger partial charge in [-0.2, -0.15) is 0 Å². The first-order valence-electron chi connectivity index (χ1n) is 6.87. The van der Waals surface area contributed by atoms with Crippen molar-refractivity contribution in [1.82, 2.24) is 10.2 Å². The Morgan fingerprint density at radius 1 is 1.50 bits per heavy atom. The maximum absolute atomic E-state index is 10.8. The van der Waals surface area contributed by atoms with E-state index in [-0.39, 0.29) is 10.6 Å². The smallest absolute Gasteiger partial charge is 0.270 e. The van der Waals surface area contributed by atoms with Gasteiger partial charge in [0.1, 0.15) is 0 Å². The zero-order valence-electron chi connectivity index (χ0n) is 11.6. The van der Waals surface area contributed by atoms with Gasteiger partial charge in [-0.15, -0.1) is 0 Å². The van der Waals surface area contributed by atoms with Gasteiger partial charge in [0.05, 0.1) is 4.92 Å². The van der Waals surface area contributed by atoms with Crippen molar-refractivity contribution in [3.63, 3.8) is 0 Å². The molecular weight excluding hydrogens is 322 g/mol. The number of hydrogen-bond donors (Lipinski definition) is 1. The first-order chi connectivity index (χ1) is 9.54. The van der Waals surface area contributed by atoms with Crippen LogP contribution < -0.4 is 5.32 Å². The molecule has 1 heterocycles. The molecule has 0 saturated carbocycles. The average Bonchev–Trinajstić information content (AvgIpc) is 2.38. The van der Waals surface area contributed by atoms with E-state index < -0.39 is 0 Å². The molecule has 1 aromatic rings. The molecule has 5 nitrogen and oxygen atoms in total. The number of benzene rings is 1. The van der Waals surface area contributed by atoms with Crippen LogP contribution in [0, 0.1) is 16.0 Å². The number of piperidine rings is 1. The van der Waals surface area contributed by atoms with Crippen LogP contribution in [0.2, 0.25) is 0 Å². The lowest BCUT2D eigenvalue weighted by Crippen LogP contribution is -2.37. The van der Waals surface area contributed by atoms with E-state index >= 15 is 0 Å². The van der Waals surface area contributed by atoms with Crippen molar-refractivity contribution >= 4 is 21.6 Å². The van der Waals surface area contributed by atoms with E-state index in [4.69, 9.17) is 0 Å². The van der Waals surface area contributed by atoms with E-state index in [9.17, 15) is 10.1 Å². The minimum atomic E-state index is -0.357. The summed E-state index contributed by atoms with van der Waals surface area (Å²) in [4.78, 5) is 12.8. The van der Waals surface area contributed by atoms with Crippen molar-refractivity contribution in [2.24, 2.45) is 5.92 Å². The van der Waals surface area contributed by atoms with Gasteiger partial charge in [0.25, 0.3) is 5.69 Å². The number of nitrogens with zero attached hydrogens (tertiary/aromatic N) is 2. The second kappa shape index (κ2) is 7.15. The van der Waals surface area contributed by atoms with Crippen LogP contribution in [-0.2, 0) is 6.54 Å². The van der Waals surface area contributed by atoms with Crippen LogP contribution in [0.3, 0.4) is 0 Å². The number of nitro benzene ring substituents is 1. The molecule has 1 fully saturated rings. The lowest BCUT2D eigenvalue weighted by atomic mass is 9.98.